The Hall–Kier alpha value is -2.64. The van der Waals surface area contributed by atoms with Crippen molar-refractivity contribution in [3.8, 4) is 5.69 Å². The molecule has 3 aromatic rings. The fourth-order valence-corrected chi connectivity index (χ4v) is 5.02. The second kappa shape index (κ2) is 6.96. The van der Waals surface area contributed by atoms with E-state index in [0.29, 0.717) is 12.2 Å². The number of hydrogen-bond acceptors (Lipinski definition) is 3. The highest BCUT2D eigenvalue weighted by Gasteiger charge is 2.57. The first-order chi connectivity index (χ1) is 14.4. The van der Waals surface area contributed by atoms with E-state index in [1.54, 1.807) is 4.68 Å². The maximum Gasteiger partial charge on any atom is 0.318 e. The minimum atomic E-state index is -1.30. The summed E-state index contributed by atoms with van der Waals surface area (Å²) in [7, 11) is 1.89. The zero-order chi connectivity index (χ0) is 21.0. The summed E-state index contributed by atoms with van der Waals surface area (Å²) in [4.78, 5) is 15.6. The highest BCUT2D eigenvalue weighted by molar-refractivity contribution is 9.10. The van der Waals surface area contributed by atoms with E-state index in [4.69, 9.17) is 0 Å². The molecule has 0 fully saturated rings. The van der Waals surface area contributed by atoms with Crippen LogP contribution in [0.15, 0.2) is 63.9 Å². The van der Waals surface area contributed by atoms with Gasteiger partial charge in [-0.15, -0.1) is 0 Å². The molecular formula is C23H24BrN4O2+. The third kappa shape index (κ3) is 2.72. The molecule has 30 heavy (non-hydrogen) atoms. The Bertz CT molecular complexity index is 1210. The summed E-state index contributed by atoms with van der Waals surface area (Å²) in [6.45, 7) is 3.28. The first-order valence-electron chi connectivity index (χ1n) is 10.2. The number of halogens is 1. The molecule has 3 heterocycles. The van der Waals surface area contributed by atoms with E-state index in [9.17, 15) is 9.90 Å². The molecule has 1 atom stereocenters. The molecule has 2 aliphatic rings. The molecule has 0 spiro atoms. The number of aromatic nitrogens is 2. The summed E-state index contributed by atoms with van der Waals surface area (Å²) in [6.07, 6.45) is 1.87. The maximum atomic E-state index is 13.7. The van der Waals surface area contributed by atoms with Gasteiger partial charge in [0.2, 0.25) is 5.69 Å². The van der Waals surface area contributed by atoms with Gasteiger partial charge in [0.1, 0.15) is 0 Å². The fraction of sp³-hybridized carbons (Fsp3) is 0.304. The van der Waals surface area contributed by atoms with Crippen molar-refractivity contribution in [1.29, 1.82) is 0 Å². The van der Waals surface area contributed by atoms with E-state index in [1.807, 2.05) is 78.2 Å². The molecule has 5 rings (SSSR count). The minimum Gasteiger partial charge on any atom is -0.346 e. The van der Waals surface area contributed by atoms with Crippen LogP contribution >= 0.6 is 15.9 Å². The molecule has 1 aromatic heterocycles. The molecule has 0 saturated carbocycles. The first kappa shape index (κ1) is 19.3. The molecule has 154 valence electrons. The van der Waals surface area contributed by atoms with Crippen molar-refractivity contribution in [3.05, 3.63) is 80.7 Å². The van der Waals surface area contributed by atoms with E-state index >= 15 is 0 Å². The second-order valence-corrected chi connectivity index (χ2v) is 8.93. The monoisotopic (exact) mass is 467 g/mol. The number of amidine groups is 1. The van der Waals surface area contributed by atoms with Crippen LogP contribution in [0.5, 0.6) is 0 Å². The number of para-hydroxylation sites is 1. The number of nitrogens with zero attached hydrogens (tertiary/aromatic N) is 4. The van der Waals surface area contributed by atoms with Crippen LogP contribution in [0.2, 0.25) is 0 Å². The number of rotatable bonds is 3. The van der Waals surface area contributed by atoms with Gasteiger partial charge in [-0.3, -0.25) is 14.1 Å². The largest absolute Gasteiger partial charge is 0.346 e. The highest BCUT2D eigenvalue weighted by atomic mass is 79.9. The van der Waals surface area contributed by atoms with Gasteiger partial charge in [0.25, 0.3) is 11.6 Å². The molecule has 0 bridgehead atoms. The van der Waals surface area contributed by atoms with Crippen LogP contribution < -0.4 is 10.5 Å². The number of benzene rings is 2. The third-order valence-corrected chi connectivity index (χ3v) is 6.82. The first-order valence-corrected chi connectivity index (χ1v) is 10.9. The topological polar surface area (TPSA) is 53.4 Å². The van der Waals surface area contributed by atoms with Crippen molar-refractivity contribution >= 4 is 27.5 Å². The standard InChI is InChI=1S/C23H24BrN4O2/c1-16-21(22(29)28(25(16)2)19-7-4-3-5-8-19)27-20-9-6-14-26(20)15-23(27,30)17-10-12-18(24)13-11-17/h3-5,7-8,10-13,30H,6,9,14-15H2,1-2H3/q+1. The lowest BCUT2D eigenvalue weighted by Gasteiger charge is -2.28. The Morgan fingerprint density at radius 1 is 1.10 bits per heavy atom. The molecule has 2 aliphatic heterocycles. The molecule has 2 aromatic carbocycles. The van der Waals surface area contributed by atoms with Crippen LogP contribution in [-0.4, -0.2) is 38.0 Å². The van der Waals surface area contributed by atoms with Gasteiger partial charge in [0.05, 0.1) is 24.3 Å². The van der Waals surface area contributed by atoms with Crippen molar-refractivity contribution in [3.63, 3.8) is 0 Å². The molecule has 7 heteroatoms. The normalized spacial score (nSPS) is 20.9. The van der Waals surface area contributed by atoms with Gasteiger partial charge in [-0.25, -0.2) is 4.68 Å². The molecule has 1 unspecified atom stereocenters. The van der Waals surface area contributed by atoms with Gasteiger partial charge in [-0.05, 0) is 37.6 Å². The van der Waals surface area contributed by atoms with Crippen LogP contribution in [0.1, 0.15) is 24.1 Å². The Kier molecular flexibility index (Phi) is 4.48. The summed E-state index contributed by atoms with van der Waals surface area (Å²) in [6, 6.07) is 17.3. The third-order valence-electron chi connectivity index (χ3n) is 6.29. The summed E-state index contributed by atoms with van der Waals surface area (Å²) < 4.78 is 6.70. The lowest BCUT2D eigenvalue weighted by molar-refractivity contribution is -0.526. The van der Waals surface area contributed by atoms with Crippen LogP contribution in [0, 0.1) is 6.92 Å². The summed E-state index contributed by atoms with van der Waals surface area (Å²) in [5.41, 5.74) is 1.52. The Labute approximate surface area is 183 Å². The minimum absolute atomic E-state index is 0.127. The van der Waals surface area contributed by atoms with Crippen LogP contribution in [-0.2, 0) is 12.8 Å². The average molecular weight is 468 g/mol. The molecule has 0 saturated heterocycles. The van der Waals surface area contributed by atoms with Crippen molar-refractivity contribution in [2.75, 3.05) is 18.0 Å². The zero-order valence-corrected chi connectivity index (χ0v) is 18.6. The van der Waals surface area contributed by atoms with Crippen molar-refractivity contribution < 1.29 is 9.68 Å². The maximum absolute atomic E-state index is 13.7. The molecule has 1 N–H and O–H groups in total. The van der Waals surface area contributed by atoms with E-state index in [-0.39, 0.29) is 5.56 Å². The fourth-order valence-electron chi connectivity index (χ4n) is 4.75. The van der Waals surface area contributed by atoms with Crippen LogP contribution in [0.25, 0.3) is 5.69 Å². The molecule has 0 radical (unpaired) electrons. The van der Waals surface area contributed by atoms with E-state index in [2.05, 4.69) is 20.5 Å². The number of hydrogen-bond donors (Lipinski definition) is 1. The van der Waals surface area contributed by atoms with Crippen LogP contribution in [0.3, 0.4) is 0 Å². The number of anilines is 1. The molecular weight excluding hydrogens is 444 g/mol. The lowest BCUT2D eigenvalue weighted by Crippen LogP contribution is -2.49. The molecule has 0 amide bonds. The molecule has 6 nitrogen and oxygen atoms in total. The van der Waals surface area contributed by atoms with Gasteiger partial charge in [-0.2, -0.15) is 4.90 Å². The Morgan fingerprint density at radius 2 is 1.80 bits per heavy atom. The van der Waals surface area contributed by atoms with Crippen LogP contribution in [0.4, 0.5) is 5.69 Å². The predicted molar refractivity (Wildman–Crippen MR) is 121 cm³/mol. The van der Waals surface area contributed by atoms with Gasteiger partial charge < -0.3 is 5.11 Å². The number of aliphatic hydroxyl groups is 1. The summed E-state index contributed by atoms with van der Waals surface area (Å²) in [5.74, 6) is 1.02. The summed E-state index contributed by atoms with van der Waals surface area (Å²) >= 11 is 3.47. The van der Waals surface area contributed by atoms with Gasteiger partial charge in [0, 0.05) is 17.1 Å². The van der Waals surface area contributed by atoms with E-state index in [0.717, 1.165) is 46.6 Å². The Balaban J connectivity index is 1.73. The van der Waals surface area contributed by atoms with Crippen molar-refractivity contribution in [1.82, 2.24) is 9.36 Å². The highest BCUT2D eigenvalue weighted by Crippen LogP contribution is 2.39. The second-order valence-electron chi connectivity index (χ2n) is 8.01. The Morgan fingerprint density at radius 3 is 2.50 bits per heavy atom. The predicted octanol–water partition coefficient (Wildman–Crippen LogP) is 3.12. The quantitative estimate of drug-likeness (QED) is 0.602. The van der Waals surface area contributed by atoms with Gasteiger partial charge in [0.15, 0.2) is 6.54 Å². The zero-order valence-electron chi connectivity index (χ0n) is 17.0. The molecule has 0 aliphatic carbocycles. The van der Waals surface area contributed by atoms with Crippen molar-refractivity contribution in [2.45, 2.75) is 25.5 Å². The average Bonchev–Trinajstić information content (AvgIpc) is 3.35. The smallest absolute Gasteiger partial charge is 0.318 e. The van der Waals surface area contributed by atoms with E-state index < -0.39 is 5.72 Å². The van der Waals surface area contributed by atoms with Gasteiger partial charge >= 0.3 is 5.56 Å². The summed E-state index contributed by atoms with van der Waals surface area (Å²) in [5, 5.41) is 12.0. The SMILES string of the molecule is Cc1c(N2C3=[N+](CCC3)CC2(O)c2ccc(Br)cc2)c(=O)n(-c2ccccc2)n1C. The van der Waals surface area contributed by atoms with E-state index in [1.165, 1.54) is 0 Å². The van der Waals surface area contributed by atoms with Gasteiger partial charge in [-0.1, -0.05) is 46.3 Å². The lowest BCUT2D eigenvalue weighted by atomic mass is 10.00. The van der Waals surface area contributed by atoms with Crippen molar-refractivity contribution in [2.24, 2.45) is 7.05 Å².